The number of hydrogen-bond acceptors (Lipinski definition) is 4. The first-order valence-electron chi connectivity index (χ1n) is 7.54. The lowest BCUT2D eigenvalue weighted by atomic mass is 10.1. The van der Waals surface area contributed by atoms with E-state index in [4.69, 9.17) is 4.52 Å². The third-order valence-electron chi connectivity index (χ3n) is 3.72. The summed E-state index contributed by atoms with van der Waals surface area (Å²) in [5.41, 5.74) is 4.85. The zero-order valence-corrected chi connectivity index (χ0v) is 13.2. The summed E-state index contributed by atoms with van der Waals surface area (Å²) >= 11 is 0. The summed E-state index contributed by atoms with van der Waals surface area (Å²) in [5, 5.41) is 19.0. The van der Waals surface area contributed by atoms with Gasteiger partial charge in [-0.2, -0.15) is 0 Å². The van der Waals surface area contributed by atoms with Crippen LogP contribution in [0.15, 0.2) is 53.1 Å². The quantitative estimate of drug-likeness (QED) is 0.732. The molecular weight excluding hydrogens is 290 g/mol. The Balaban J connectivity index is 1.71. The average Bonchev–Trinajstić information content (AvgIpc) is 2.91. The fourth-order valence-electron chi connectivity index (χ4n) is 2.33. The van der Waals surface area contributed by atoms with Crippen LogP contribution in [0.4, 0.5) is 0 Å². The van der Waals surface area contributed by atoms with E-state index in [1.54, 1.807) is 4.68 Å². The molecule has 5 heteroatoms. The predicted octanol–water partition coefficient (Wildman–Crippen LogP) is 1.93. The molecule has 0 aliphatic rings. The highest BCUT2D eigenvalue weighted by Gasteiger charge is 2.19. The van der Waals surface area contributed by atoms with Crippen LogP contribution in [-0.4, -0.2) is 5.27 Å². The molecule has 5 nitrogen and oxygen atoms in total. The van der Waals surface area contributed by atoms with Gasteiger partial charge in [-0.3, -0.25) is 0 Å². The second-order valence-electron chi connectivity index (χ2n) is 5.64. The van der Waals surface area contributed by atoms with Crippen molar-refractivity contribution in [3.8, 4) is 11.6 Å². The molecule has 0 aliphatic carbocycles. The first kappa shape index (κ1) is 15.2. The molecule has 0 aliphatic heterocycles. The SMILES string of the molecule is Cc1ccc(CNCc2c([O-])on[n+]2-c2ccc(C)cc2)cc1. The Bertz CT molecular complexity index is 777. The molecule has 23 heavy (non-hydrogen) atoms. The fourth-order valence-corrected chi connectivity index (χ4v) is 2.33. The van der Waals surface area contributed by atoms with Crippen molar-refractivity contribution in [2.24, 2.45) is 0 Å². The summed E-state index contributed by atoms with van der Waals surface area (Å²) in [7, 11) is 0. The van der Waals surface area contributed by atoms with E-state index in [2.05, 4.69) is 41.8 Å². The van der Waals surface area contributed by atoms with E-state index in [-0.39, 0.29) is 0 Å². The lowest BCUT2D eigenvalue weighted by Gasteiger charge is -2.04. The molecule has 3 aromatic rings. The second kappa shape index (κ2) is 6.62. The number of hydrogen-bond donors (Lipinski definition) is 1. The third-order valence-corrected chi connectivity index (χ3v) is 3.72. The Morgan fingerprint density at radius 2 is 1.57 bits per heavy atom. The van der Waals surface area contributed by atoms with Crippen LogP contribution < -0.4 is 15.1 Å². The zero-order valence-electron chi connectivity index (χ0n) is 13.2. The number of nitrogens with zero attached hydrogens (tertiary/aromatic N) is 2. The molecule has 0 saturated carbocycles. The number of benzene rings is 2. The van der Waals surface area contributed by atoms with Crippen molar-refractivity contribution in [2.75, 3.05) is 0 Å². The first-order valence-corrected chi connectivity index (χ1v) is 7.54. The Hall–Kier alpha value is -2.66. The number of nitrogens with one attached hydrogen (secondary N) is 1. The second-order valence-corrected chi connectivity index (χ2v) is 5.64. The normalized spacial score (nSPS) is 10.9. The summed E-state index contributed by atoms with van der Waals surface area (Å²) in [6.45, 7) is 5.14. The highest BCUT2D eigenvalue weighted by molar-refractivity contribution is 5.27. The van der Waals surface area contributed by atoms with Crippen LogP contribution in [0.3, 0.4) is 0 Å². The van der Waals surface area contributed by atoms with Gasteiger partial charge in [0.1, 0.15) is 0 Å². The zero-order chi connectivity index (χ0) is 16.2. The molecular formula is C18H19N3O2. The van der Waals surface area contributed by atoms with Crippen LogP contribution in [0.5, 0.6) is 5.95 Å². The van der Waals surface area contributed by atoms with E-state index in [9.17, 15) is 5.11 Å². The van der Waals surface area contributed by atoms with Gasteiger partial charge in [0.05, 0.1) is 11.8 Å². The minimum atomic E-state index is -0.415. The molecule has 118 valence electrons. The van der Waals surface area contributed by atoms with Crippen LogP contribution in [-0.2, 0) is 13.1 Å². The standard InChI is InChI=1S/C18H19N3O2/c1-13-3-7-15(8-4-13)11-19-12-17-18(22)23-20-21(17)16-9-5-14(2)6-10-16/h3-10,19H,11-12H2,1-2H3. The van der Waals surface area contributed by atoms with Crippen LogP contribution in [0.2, 0.25) is 0 Å². The predicted molar refractivity (Wildman–Crippen MR) is 83.9 cm³/mol. The minimum absolute atomic E-state index is 0.393. The monoisotopic (exact) mass is 309 g/mol. The van der Waals surface area contributed by atoms with Gasteiger partial charge in [0, 0.05) is 18.7 Å². The van der Waals surface area contributed by atoms with Gasteiger partial charge in [-0.1, -0.05) is 47.5 Å². The van der Waals surface area contributed by atoms with E-state index in [0.29, 0.717) is 18.8 Å². The summed E-state index contributed by atoms with van der Waals surface area (Å²) in [5.74, 6) is -0.415. The van der Waals surface area contributed by atoms with Crippen molar-refractivity contribution in [1.29, 1.82) is 0 Å². The highest BCUT2D eigenvalue weighted by Crippen LogP contribution is 2.11. The summed E-state index contributed by atoms with van der Waals surface area (Å²) in [6.07, 6.45) is 0. The first-order chi connectivity index (χ1) is 11.1. The minimum Gasteiger partial charge on any atom is -0.539 e. The summed E-state index contributed by atoms with van der Waals surface area (Å²) in [4.78, 5) is 0. The van der Waals surface area contributed by atoms with Crippen molar-refractivity contribution in [3.63, 3.8) is 0 Å². The molecule has 0 fully saturated rings. The van der Waals surface area contributed by atoms with Crippen molar-refractivity contribution < 1.29 is 14.3 Å². The van der Waals surface area contributed by atoms with Gasteiger partial charge in [-0.25, -0.2) is 0 Å². The molecule has 0 radical (unpaired) electrons. The van der Waals surface area contributed by atoms with Gasteiger partial charge in [-0.15, -0.1) is 0 Å². The molecule has 0 unspecified atom stereocenters. The molecule has 0 atom stereocenters. The van der Waals surface area contributed by atoms with Gasteiger partial charge in [0.2, 0.25) is 5.69 Å². The van der Waals surface area contributed by atoms with E-state index in [1.165, 1.54) is 11.1 Å². The van der Waals surface area contributed by atoms with Crippen LogP contribution in [0.25, 0.3) is 5.69 Å². The molecule has 3 rings (SSSR count). The van der Waals surface area contributed by atoms with Gasteiger partial charge < -0.3 is 14.9 Å². The van der Waals surface area contributed by atoms with Gasteiger partial charge in [-0.05, 0) is 24.1 Å². The third kappa shape index (κ3) is 3.57. The van der Waals surface area contributed by atoms with Crippen molar-refractivity contribution in [3.05, 3.63) is 70.9 Å². The molecule has 0 saturated heterocycles. The maximum Gasteiger partial charge on any atom is 0.253 e. The summed E-state index contributed by atoms with van der Waals surface area (Å²) in [6, 6.07) is 16.1. The van der Waals surface area contributed by atoms with Gasteiger partial charge in [0.25, 0.3) is 5.69 Å². The molecule has 1 heterocycles. The summed E-state index contributed by atoms with van der Waals surface area (Å²) < 4.78 is 6.36. The smallest absolute Gasteiger partial charge is 0.253 e. The van der Waals surface area contributed by atoms with E-state index >= 15 is 0 Å². The lowest BCUT2D eigenvalue weighted by molar-refractivity contribution is -0.677. The molecule has 0 amide bonds. The number of aryl methyl sites for hydroxylation is 2. The maximum absolute atomic E-state index is 11.9. The number of rotatable bonds is 5. The van der Waals surface area contributed by atoms with Crippen LogP contribution >= 0.6 is 0 Å². The van der Waals surface area contributed by atoms with Gasteiger partial charge in [0.15, 0.2) is 5.95 Å². The maximum atomic E-state index is 11.9. The van der Waals surface area contributed by atoms with Crippen molar-refractivity contribution in [1.82, 2.24) is 10.6 Å². The Labute approximate surface area is 135 Å². The number of aromatic nitrogens is 2. The molecule has 1 N–H and O–H groups in total. The lowest BCUT2D eigenvalue weighted by Crippen LogP contribution is -2.38. The van der Waals surface area contributed by atoms with E-state index < -0.39 is 5.95 Å². The van der Waals surface area contributed by atoms with E-state index in [0.717, 1.165) is 11.3 Å². The van der Waals surface area contributed by atoms with E-state index in [1.807, 2.05) is 31.2 Å². The Morgan fingerprint density at radius 3 is 2.22 bits per heavy atom. The Kier molecular flexibility index (Phi) is 4.39. The largest absolute Gasteiger partial charge is 0.539 e. The van der Waals surface area contributed by atoms with Crippen LogP contribution in [0.1, 0.15) is 22.4 Å². The molecule has 1 aromatic heterocycles. The highest BCUT2D eigenvalue weighted by atomic mass is 16.6. The Morgan fingerprint density at radius 1 is 0.957 bits per heavy atom. The molecule has 2 aromatic carbocycles. The van der Waals surface area contributed by atoms with Gasteiger partial charge >= 0.3 is 0 Å². The van der Waals surface area contributed by atoms with Crippen molar-refractivity contribution in [2.45, 2.75) is 26.9 Å². The molecule has 0 spiro atoms. The molecule has 0 bridgehead atoms. The average molecular weight is 309 g/mol. The van der Waals surface area contributed by atoms with Crippen molar-refractivity contribution >= 4 is 0 Å². The fraction of sp³-hybridized carbons (Fsp3) is 0.222. The topological polar surface area (TPSA) is 65.0 Å². The van der Waals surface area contributed by atoms with Crippen LogP contribution in [0, 0.1) is 13.8 Å².